The standard InChI is InChI=1S/C15H25N3O/c1-2-7-14(8-3-1)19-15-10-17-18(12-15)11-13-6-4-5-9-16-13/h10,12-14,16H,1-9,11H2. The predicted octanol–water partition coefficient (Wildman–Crippen LogP) is 2.74. The topological polar surface area (TPSA) is 39.1 Å². The summed E-state index contributed by atoms with van der Waals surface area (Å²) in [7, 11) is 0. The second kappa shape index (κ2) is 6.42. The minimum atomic E-state index is 0.416. The molecule has 1 atom stereocenters. The van der Waals surface area contributed by atoms with Gasteiger partial charge in [0.05, 0.1) is 25.0 Å². The number of aromatic nitrogens is 2. The zero-order valence-corrected chi connectivity index (χ0v) is 11.7. The molecule has 2 aliphatic rings. The van der Waals surface area contributed by atoms with E-state index in [2.05, 4.69) is 16.6 Å². The second-order valence-corrected chi connectivity index (χ2v) is 5.92. The highest BCUT2D eigenvalue weighted by molar-refractivity contribution is 5.12. The molecule has 1 saturated heterocycles. The van der Waals surface area contributed by atoms with Gasteiger partial charge in [0.2, 0.25) is 0 Å². The van der Waals surface area contributed by atoms with Crippen molar-refractivity contribution >= 4 is 0 Å². The first kappa shape index (κ1) is 13.0. The van der Waals surface area contributed by atoms with Gasteiger partial charge in [-0.1, -0.05) is 12.8 Å². The Hall–Kier alpha value is -1.03. The molecule has 1 aliphatic carbocycles. The lowest BCUT2D eigenvalue weighted by Crippen LogP contribution is -2.37. The highest BCUT2D eigenvalue weighted by Gasteiger charge is 2.17. The number of nitrogens with one attached hydrogen (secondary N) is 1. The highest BCUT2D eigenvalue weighted by Crippen LogP contribution is 2.23. The molecule has 2 heterocycles. The van der Waals surface area contributed by atoms with E-state index >= 15 is 0 Å². The van der Waals surface area contributed by atoms with Gasteiger partial charge in [-0.05, 0) is 45.1 Å². The highest BCUT2D eigenvalue weighted by atomic mass is 16.5. The third-order valence-electron chi connectivity index (χ3n) is 4.28. The normalized spacial score (nSPS) is 25.4. The van der Waals surface area contributed by atoms with Crippen LogP contribution in [0.4, 0.5) is 0 Å². The van der Waals surface area contributed by atoms with Gasteiger partial charge in [-0.2, -0.15) is 5.10 Å². The van der Waals surface area contributed by atoms with E-state index in [1.54, 1.807) is 0 Å². The van der Waals surface area contributed by atoms with Crippen molar-refractivity contribution in [3.05, 3.63) is 12.4 Å². The lowest BCUT2D eigenvalue weighted by atomic mass is 9.98. The number of nitrogens with zero attached hydrogens (tertiary/aromatic N) is 2. The van der Waals surface area contributed by atoms with E-state index in [1.807, 2.05) is 10.9 Å². The van der Waals surface area contributed by atoms with E-state index in [0.29, 0.717) is 12.1 Å². The van der Waals surface area contributed by atoms with Gasteiger partial charge < -0.3 is 10.1 Å². The number of hydrogen-bond acceptors (Lipinski definition) is 3. The number of piperidine rings is 1. The second-order valence-electron chi connectivity index (χ2n) is 5.92. The third-order valence-corrected chi connectivity index (χ3v) is 4.28. The lowest BCUT2D eigenvalue weighted by Gasteiger charge is -2.23. The largest absolute Gasteiger partial charge is 0.487 e. The fraction of sp³-hybridized carbons (Fsp3) is 0.800. The average Bonchev–Trinajstić information content (AvgIpc) is 2.88. The molecule has 2 fully saturated rings. The van der Waals surface area contributed by atoms with Crippen molar-refractivity contribution in [2.75, 3.05) is 6.54 Å². The molecule has 4 nitrogen and oxygen atoms in total. The van der Waals surface area contributed by atoms with E-state index in [1.165, 1.54) is 51.4 Å². The predicted molar refractivity (Wildman–Crippen MR) is 75.4 cm³/mol. The van der Waals surface area contributed by atoms with E-state index < -0.39 is 0 Å². The number of rotatable bonds is 4. The molecule has 106 valence electrons. The molecule has 0 spiro atoms. The molecule has 1 aromatic rings. The zero-order chi connectivity index (χ0) is 12.9. The quantitative estimate of drug-likeness (QED) is 0.908. The summed E-state index contributed by atoms with van der Waals surface area (Å²) in [6.45, 7) is 2.12. The van der Waals surface area contributed by atoms with Crippen molar-refractivity contribution in [1.82, 2.24) is 15.1 Å². The van der Waals surface area contributed by atoms with E-state index in [-0.39, 0.29) is 0 Å². The first-order valence-electron chi connectivity index (χ1n) is 7.83. The summed E-state index contributed by atoms with van der Waals surface area (Å²) in [6, 6.07) is 0.580. The van der Waals surface area contributed by atoms with Gasteiger partial charge >= 0.3 is 0 Å². The summed E-state index contributed by atoms with van der Waals surface area (Å²) in [5.41, 5.74) is 0. The maximum Gasteiger partial charge on any atom is 0.157 e. The van der Waals surface area contributed by atoms with Gasteiger partial charge in [-0.15, -0.1) is 0 Å². The Labute approximate surface area is 115 Å². The van der Waals surface area contributed by atoms with Crippen molar-refractivity contribution in [3.63, 3.8) is 0 Å². The Kier molecular flexibility index (Phi) is 4.38. The molecule has 3 rings (SSSR count). The smallest absolute Gasteiger partial charge is 0.157 e. The number of ether oxygens (including phenoxy) is 1. The maximum absolute atomic E-state index is 6.02. The summed E-state index contributed by atoms with van der Waals surface area (Å²) < 4.78 is 8.05. The first-order valence-corrected chi connectivity index (χ1v) is 7.83. The monoisotopic (exact) mass is 263 g/mol. The Morgan fingerprint density at radius 3 is 2.79 bits per heavy atom. The van der Waals surface area contributed by atoms with Gasteiger partial charge in [0.25, 0.3) is 0 Å². The van der Waals surface area contributed by atoms with Crippen LogP contribution >= 0.6 is 0 Å². The molecule has 0 radical (unpaired) electrons. The van der Waals surface area contributed by atoms with E-state index in [0.717, 1.165) is 18.8 Å². The van der Waals surface area contributed by atoms with Crippen LogP contribution in [0.5, 0.6) is 5.75 Å². The Morgan fingerprint density at radius 2 is 2.00 bits per heavy atom. The van der Waals surface area contributed by atoms with Crippen LogP contribution in [0.25, 0.3) is 0 Å². The molecule has 1 aliphatic heterocycles. The molecule has 0 aromatic carbocycles. The van der Waals surface area contributed by atoms with Gasteiger partial charge in [0.15, 0.2) is 5.75 Å². The summed E-state index contributed by atoms with van der Waals surface area (Å²) >= 11 is 0. The summed E-state index contributed by atoms with van der Waals surface area (Å²) in [6.07, 6.45) is 14.7. The molecule has 0 amide bonds. The van der Waals surface area contributed by atoms with Crippen molar-refractivity contribution in [1.29, 1.82) is 0 Å². The van der Waals surface area contributed by atoms with Crippen LogP contribution in [-0.4, -0.2) is 28.5 Å². The Balaban J connectivity index is 1.50. The van der Waals surface area contributed by atoms with Gasteiger partial charge in [0, 0.05) is 6.04 Å². The fourth-order valence-corrected chi connectivity index (χ4v) is 3.19. The third kappa shape index (κ3) is 3.72. The molecule has 0 bridgehead atoms. The minimum Gasteiger partial charge on any atom is -0.487 e. The molecule has 1 N–H and O–H groups in total. The molecular formula is C15H25N3O. The van der Waals surface area contributed by atoms with Gasteiger partial charge in [-0.3, -0.25) is 4.68 Å². The lowest BCUT2D eigenvalue weighted by molar-refractivity contribution is 0.155. The average molecular weight is 263 g/mol. The number of hydrogen-bond donors (Lipinski definition) is 1. The van der Waals surface area contributed by atoms with Crippen LogP contribution in [-0.2, 0) is 6.54 Å². The van der Waals surface area contributed by atoms with Crippen LogP contribution in [0.3, 0.4) is 0 Å². The SMILES string of the molecule is c1nn(CC2CCCCN2)cc1OC1CCCCC1. The van der Waals surface area contributed by atoms with E-state index in [4.69, 9.17) is 4.74 Å². The van der Waals surface area contributed by atoms with Crippen molar-refractivity contribution in [2.24, 2.45) is 0 Å². The minimum absolute atomic E-state index is 0.416. The summed E-state index contributed by atoms with van der Waals surface area (Å²) in [5.74, 6) is 0.947. The van der Waals surface area contributed by atoms with Crippen molar-refractivity contribution in [2.45, 2.75) is 70.1 Å². The summed E-state index contributed by atoms with van der Waals surface area (Å²) in [5, 5.41) is 7.98. The van der Waals surface area contributed by atoms with Crippen LogP contribution in [0.1, 0.15) is 51.4 Å². The molecule has 1 aromatic heterocycles. The maximum atomic E-state index is 6.02. The van der Waals surface area contributed by atoms with Gasteiger partial charge in [-0.25, -0.2) is 0 Å². The van der Waals surface area contributed by atoms with Gasteiger partial charge in [0.1, 0.15) is 0 Å². The molecule has 19 heavy (non-hydrogen) atoms. The molecule has 4 heteroatoms. The molecular weight excluding hydrogens is 238 g/mol. The van der Waals surface area contributed by atoms with Crippen LogP contribution < -0.4 is 10.1 Å². The Morgan fingerprint density at radius 1 is 1.16 bits per heavy atom. The van der Waals surface area contributed by atoms with Crippen molar-refractivity contribution in [3.8, 4) is 5.75 Å². The van der Waals surface area contributed by atoms with Crippen LogP contribution in [0.2, 0.25) is 0 Å². The first-order chi connectivity index (χ1) is 9.40. The fourth-order valence-electron chi connectivity index (χ4n) is 3.19. The molecule has 1 saturated carbocycles. The Bertz CT molecular complexity index is 344. The molecule has 1 unspecified atom stereocenters. The van der Waals surface area contributed by atoms with Crippen LogP contribution in [0, 0.1) is 0 Å². The van der Waals surface area contributed by atoms with E-state index in [9.17, 15) is 0 Å². The van der Waals surface area contributed by atoms with Crippen molar-refractivity contribution < 1.29 is 4.74 Å². The van der Waals surface area contributed by atoms with Crippen LogP contribution in [0.15, 0.2) is 12.4 Å². The zero-order valence-electron chi connectivity index (χ0n) is 11.7. The summed E-state index contributed by atoms with van der Waals surface area (Å²) in [4.78, 5) is 0.